The van der Waals surface area contributed by atoms with Crippen LogP contribution in [0.25, 0.3) is 0 Å². The second kappa shape index (κ2) is 9.08. The Morgan fingerprint density at radius 3 is 1.83 bits per heavy atom. The van der Waals surface area contributed by atoms with Crippen molar-refractivity contribution in [2.75, 3.05) is 20.7 Å². The van der Waals surface area contributed by atoms with Crippen LogP contribution in [0.2, 0.25) is 0 Å². The van der Waals surface area contributed by atoms with Crippen LogP contribution in [0, 0.1) is 0 Å². The molecule has 0 fully saturated rings. The molecule has 0 saturated heterocycles. The maximum Gasteiger partial charge on any atom is 0.247 e. The van der Waals surface area contributed by atoms with E-state index in [1.807, 2.05) is 36.4 Å². The molecule has 0 bridgehead atoms. The van der Waals surface area contributed by atoms with E-state index < -0.39 is 0 Å². The van der Waals surface area contributed by atoms with E-state index in [1.165, 1.54) is 23.3 Å². The molecule has 0 heterocycles. The van der Waals surface area contributed by atoms with Crippen molar-refractivity contribution >= 4 is 5.91 Å². The van der Waals surface area contributed by atoms with Gasteiger partial charge in [-0.3, -0.25) is 14.5 Å². The van der Waals surface area contributed by atoms with Crippen molar-refractivity contribution in [3.8, 4) is 0 Å². The third kappa shape index (κ3) is 5.85. The highest BCUT2D eigenvalue weighted by Gasteiger charge is 2.12. The monoisotopic (exact) mass is 312 g/mol. The Bertz CT molecular complexity index is 545. The van der Waals surface area contributed by atoms with E-state index in [0.29, 0.717) is 13.0 Å². The fourth-order valence-corrected chi connectivity index (χ4v) is 2.41. The number of hydroxylamine groups is 2. The lowest BCUT2D eigenvalue weighted by atomic mass is 10.1. The number of hydrogen-bond donors (Lipinski definition) is 0. The van der Waals surface area contributed by atoms with Gasteiger partial charge in [-0.1, -0.05) is 60.7 Å². The second-order valence-electron chi connectivity index (χ2n) is 5.51. The first-order chi connectivity index (χ1) is 11.2. The molecule has 2 aromatic carbocycles. The molecule has 2 aromatic rings. The van der Waals surface area contributed by atoms with Gasteiger partial charge in [-0.25, -0.2) is 5.06 Å². The molecular formula is C19H24N2O2. The Hall–Kier alpha value is -2.17. The molecule has 122 valence electrons. The Morgan fingerprint density at radius 2 is 1.39 bits per heavy atom. The summed E-state index contributed by atoms with van der Waals surface area (Å²) in [5.74, 6) is -0.0152. The number of hydrogen-bond acceptors (Lipinski definition) is 3. The standard InChI is InChI=1S/C19H24N2O2/c1-20(23-2)19(22)13-14-21(15-17-9-5-3-6-10-17)16-18-11-7-4-8-12-18/h3-12H,13-16H2,1-2H3. The molecule has 1 amide bonds. The fourth-order valence-electron chi connectivity index (χ4n) is 2.41. The number of carbonyl (C=O) groups excluding carboxylic acids is 1. The van der Waals surface area contributed by atoms with Gasteiger partial charge < -0.3 is 0 Å². The molecule has 0 N–H and O–H groups in total. The molecule has 2 rings (SSSR count). The van der Waals surface area contributed by atoms with Gasteiger partial charge in [-0.2, -0.15) is 0 Å². The van der Waals surface area contributed by atoms with Gasteiger partial charge in [0.15, 0.2) is 0 Å². The van der Waals surface area contributed by atoms with Gasteiger partial charge in [0.05, 0.1) is 7.11 Å². The van der Waals surface area contributed by atoms with Crippen LogP contribution in [0.5, 0.6) is 0 Å². The van der Waals surface area contributed by atoms with E-state index in [9.17, 15) is 4.79 Å². The number of nitrogens with zero attached hydrogens (tertiary/aromatic N) is 2. The Balaban J connectivity index is 2.00. The van der Waals surface area contributed by atoms with Crippen molar-refractivity contribution < 1.29 is 9.63 Å². The highest BCUT2D eigenvalue weighted by molar-refractivity contribution is 5.74. The molecule has 0 spiro atoms. The lowest BCUT2D eigenvalue weighted by Gasteiger charge is -2.23. The molecule has 4 nitrogen and oxygen atoms in total. The second-order valence-corrected chi connectivity index (χ2v) is 5.51. The molecule has 0 radical (unpaired) electrons. The number of amides is 1. The average Bonchev–Trinajstić information content (AvgIpc) is 2.60. The van der Waals surface area contributed by atoms with Gasteiger partial charge in [-0.05, 0) is 11.1 Å². The van der Waals surface area contributed by atoms with Crippen molar-refractivity contribution in [2.45, 2.75) is 19.5 Å². The van der Waals surface area contributed by atoms with Crippen molar-refractivity contribution in [1.29, 1.82) is 0 Å². The van der Waals surface area contributed by atoms with E-state index in [-0.39, 0.29) is 5.91 Å². The molecule has 0 aliphatic heterocycles. The van der Waals surface area contributed by atoms with E-state index in [1.54, 1.807) is 7.05 Å². The first-order valence-corrected chi connectivity index (χ1v) is 7.80. The molecule has 0 aliphatic rings. The summed E-state index contributed by atoms with van der Waals surface area (Å²) in [6.45, 7) is 2.33. The largest absolute Gasteiger partial charge is 0.294 e. The molecule has 23 heavy (non-hydrogen) atoms. The van der Waals surface area contributed by atoms with Gasteiger partial charge in [-0.15, -0.1) is 0 Å². The maximum atomic E-state index is 12.0. The van der Waals surface area contributed by atoms with E-state index in [2.05, 4.69) is 29.2 Å². The van der Waals surface area contributed by atoms with Crippen LogP contribution in [0.1, 0.15) is 17.5 Å². The SMILES string of the molecule is CON(C)C(=O)CCN(Cc1ccccc1)Cc1ccccc1. The summed E-state index contributed by atoms with van der Waals surface area (Å²) in [5, 5.41) is 1.28. The van der Waals surface area contributed by atoms with Crippen LogP contribution in [-0.2, 0) is 22.7 Å². The summed E-state index contributed by atoms with van der Waals surface area (Å²) >= 11 is 0. The first kappa shape index (κ1) is 17.2. The minimum absolute atomic E-state index is 0.0152. The van der Waals surface area contributed by atoms with Crippen molar-refractivity contribution in [3.05, 3.63) is 71.8 Å². The third-order valence-electron chi connectivity index (χ3n) is 3.76. The van der Waals surface area contributed by atoms with E-state index >= 15 is 0 Å². The smallest absolute Gasteiger partial charge is 0.247 e. The molecule has 0 atom stereocenters. The quantitative estimate of drug-likeness (QED) is 0.702. The maximum absolute atomic E-state index is 12.0. The molecule has 0 aliphatic carbocycles. The van der Waals surface area contributed by atoms with Gasteiger partial charge in [0.1, 0.15) is 0 Å². The van der Waals surface area contributed by atoms with Crippen LogP contribution in [0.3, 0.4) is 0 Å². The van der Waals surface area contributed by atoms with Gasteiger partial charge >= 0.3 is 0 Å². The lowest BCUT2D eigenvalue weighted by Crippen LogP contribution is -2.31. The van der Waals surface area contributed by atoms with Crippen molar-refractivity contribution in [1.82, 2.24) is 9.96 Å². The van der Waals surface area contributed by atoms with Crippen LogP contribution < -0.4 is 0 Å². The van der Waals surface area contributed by atoms with Crippen LogP contribution in [-0.4, -0.2) is 36.6 Å². The summed E-state index contributed by atoms with van der Waals surface area (Å²) in [6, 6.07) is 20.6. The van der Waals surface area contributed by atoms with Gasteiger partial charge in [0, 0.05) is 33.1 Å². The first-order valence-electron chi connectivity index (χ1n) is 7.80. The summed E-state index contributed by atoms with van der Waals surface area (Å²) in [5.41, 5.74) is 2.49. The molecule has 0 unspecified atom stereocenters. The molecule has 4 heteroatoms. The Morgan fingerprint density at radius 1 is 0.913 bits per heavy atom. The zero-order valence-electron chi connectivity index (χ0n) is 13.8. The summed E-state index contributed by atoms with van der Waals surface area (Å²) in [4.78, 5) is 19.2. The van der Waals surface area contributed by atoms with E-state index in [4.69, 9.17) is 4.84 Å². The third-order valence-corrected chi connectivity index (χ3v) is 3.76. The Kier molecular flexibility index (Phi) is 6.78. The van der Waals surface area contributed by atoms with Crippen LogP contribution in [0.4, 0.5) is 0 Å². The topological polar surface area (TPSA) is 32.8 Å². The summed E-state index contributed by atoms with van der Waals surface area (Å²) in [6.07, 6.45) is 0.435. The predicted octanol–water partition coefficient (Wildman–Crippen LogP) is 3.10. The summed E-state index contributed by atoms with van der Waals surface area (Å²) < 4.78 is 0. The zero-order chi connectivity index (χ0) is 16.5. The zero-order valence-corrected chi connectivity index (χ0v) is 13.8. The number of benzene rings is 2. The van der Waals surface area contributed by atoms with Crippen LogP contribution >= 0.6 is 0 Å². The highest BCUT2D eigenvalue weighted by atomic mass is 16.7. The minimum Gasteiger partial charge on any atom is -0.294 e. The minimum atomic E-state index is -0.0152. The summed E-state index contributed by atoms with van der Waals surface area (Å²) in [7, 11) is 3.14. The van der Waals surface area contributed by atoms with Gasteiger partial charge in [0.25, 0.3) is 0 Å². The fraction of sp³-hybridized carbons (Fsp3) is 0.316. The van der Waals surface area contributed by atoms with Crippen molar-refractivity contribution in [2.24, 2.45) is 0 Å². The average molecular weight is 312 g/mol. The highest BCUT2D eigenvalue weighted by Crippen LogP contribution is 2.11. The number of carbonyl (C=O) groups is 1. The lowest BCUT2D eigenvalue weighted by molar-refractivity contribution is -0.169. The van der Waals surface area contributed by atoms with Crippen LogP contribution in [0.15, 0.2) is 60.7 Å². The number of rotatable bonds is 8. The predicted molar refractivity (Wildman–Crippen MR) is 91.4 cm³/mol. The van der Waals surface area contributed by atoms with E-state index in [0.717, 1.165) is 13.1 Å². The van der Waals surface area contributed by atoms with Crippen molar-refractivity contribution in [3.63, 3.8) is 0 Å². The molecule has 0 aromatic heterocycles. The molecular weight excluding hydrogens is 288 g/mol. The Labute approximate surface area is 138 Å². The van der Waals surface area contributed by atoms with Gasteiger partial charge in [0.2, 0.25) is 5.91 Å². The normalized spacial score (nSPS) is 10.7. The molecule has 0 saturated carbocycles.